The molecule has 0 bridgehead atoms. The topological polar surface area (TPSA) is 294 Å². The number of rotatable bonds is 10. The molecule has 19 heteroatoms. The first-order valence-electron chi connectivity index (χ1n) is 12.6. The van der Waals surface area contributed by atoms with Gasteiger partial charge in [-0.3, -0.25) is 9.08 Å². The number of hydrogen-bond acceptors (Lipinski definition) is 14. The maximum Gasteiger partial charge on any atom is 0.363 e. The van der Waals surface area contributed by atoms with Crippen molar-refractivity contribution in [2.24, 2.45) is 0 Å². The number of hydrogen-bond donors (Lipinski definition) is 9. The number of nitrogens with one attached hydrogen (secondary N) is 2. The molecule has 9 N–H and O–H groups in total. The Kier molecular flexibility index (Phi) is 9.27. The van der Waals surface area contributed by atoms with Crippen molar-refractivity contribution in [2.45, 2.75) is 55.6 Å². The van der Waals surface area contributed by atoms with E-state index in [9.17, 15) is 63.1 Å². The predicted molar refractivity (Wildman–Crippen MR) is 135 cm³/mol. The molecule has 1 saturated heterocycles. The minimum Gasteiger partial charge on any atom is -0.726 e. The summed E-state index contributed by atoms with van der Waals surface area (Å²) in [5, 5.41) is 72.1. The molecule has 0 aliphatic carbocycles. The molecule has 1 aromatic rings. The van der Waals surface area contributed by atoms with Crippen LogP contribution in [0.1, 0.15) is 12.0 Å². The smallest absolute Gasteiger partial charge is 0.363 e. The Labute approximate surface area is 242 Å². The van der Waals surface area contributed by atoms with Gasteiger partial charge in [0.25, 0.3) is 0 Å². The molecule has 18 nitrogen and oxygen atoms in total. The van der Waals surface area contributed by atoms with Crippen molar-refractivity contribution in [1.29, 1.82) is 0 Å². The third-order valence-corrected chi connectivity index (χ3v) is 7.60. The minimum atomic E-state index is -5.19. The van der Waals surface area contributed by atoms with Crippen molar-refractivity contribution in [2.75, 3.05) is 13.2 Å². The Bertz CT molecular complexity index is 1460. The van der Waals surface area contributed by atoms with Crippen LogP contribution >= 0.6 is 0 Å². The molecule has 3 aliphatic heterocycles. The van der Waals surface area contributed by atoms with Gasteiger partial charge in [0.05, 0.1) is 6.61 Å². The lowest BCUT2D eigenvalue weighted by atomic mass is 9.99. The summed E-state index contributed by atoms with van der Waals surface area (Å²) in [6.07, 6.45) is -6.55. The summed E-state index contributed by atoms with van der Waals surface area (Å²) in [7, 11) is -5.19. The Morgan fingerprint density at radius 3 is 2.37 bits per heavy atom. The predicted octanol–water partition coefficient (Wildman–Crippen LogP) is -4.08. The lowest BCUT2D eigenvalue weighted by Gasteiger charge is -2.40. The van der Waals surface area contributed by atoms with Gasteiger partial charge >= 0.3 is 17.9 Å². The van der Waals surface area contributed by atoms with E-state index in [1.54, 1.807) is 0 Å². The number of aliphatic carboxylic acids is 3. The summed E-state index contributed by atoms with van der Waals surface area (Å²) < 4.78 is 47.2. The van der Waals surface area contributed by atoms with E-state index in [1.807, 2.05) is 0 Å². The third-order valence-electron chi connectivity index (χ3n) is 7.17. The highest BCUT2D eigenvalue weighted by molar-refractivity contribution is 7.80. The summed E-state index contributed by atoms with van der Waals surface area (Å²) in [5.41, 5.74) is 0.703. The number of ether oxygens (including phenoxy) is 2. The molecule has 0 saturated carbocycles. The third kappa shape index (κ3) is 7.22. The number of carbonyl (C=O) groups is 3. The maximum atomic E-state index is 12.1. The Balaban J connectivity index is 1.57. The second kappa shape index (κ2) is 12.4. The van der Waals surface area contributed by atoms with Crippen LogP contribution in [0.15, 0.2) is 35.6 Å². The van der Waals surface area contributed by atoms with Crippen LogP contribution in [-0.2, 0) is 40.1 Å². The largest absolute Gasteiger partial charge is 0.726 e. The number of aromatic hydroxyl groups is 1. The summed E-state index contributed by atoms with van der Waals surface area (Å²) >= 11 is 0. The van der Waals surface area contributed by atoms with E-state index >= 15 is 0 Å². The van der Waals surface area contributed by atoms with Crippen LogP contribution in [0.25, 0.3) is 0 Å². The average molecular weight is 633 g/mol. The van der Waals surface area contributed by atoms with Gasteiger partial charge in [-0.25, -0.2) is 22.8 Å². The zero-order chi connectivity index (χ0) is 31.8. The molecule has 3 heterocycles. The highest BCUT2D eigenvalue weighted by atomic mass is 32.3. The molecule has 1 fully saturated rings. The van der Waals surface area contributed by atoms with Gasteiger partial charge in [-0.05, 0) is 23.8 Å². The molecule has 0 spiro atoms. The molecule has 0 amide bonds. The number of aliphatic hydroxyl groups excluding tert-OH is 3. The van der Waals surface area contributed by atoms with Gasteiger partial charge in [0.15, 0.2) is 17.5 Å². The molecular weight excluding hydrogens is 604 g/mol. The normalized spacial score (nSPS) is 31.5. The standard InChI is InChI=1S/C24H28N2O16S/c27-15-7-13-10(6-16(15)41-24-20(30)19(29)18(28)17(42-24)8-40-43(37,38)39)5-14(23(35)36)26(13)2-1-9-3-11(21(31)32)25-12(4-9)22(33)34/h1,3,6-7,12,14,17-20,24-25,27-30H,2,4-5,8H2,(H,31,32)(H,33,34)(H,35,36)(H,37,38,39)/t12-,14+,17+,18+,19+,20-,24-/m1/s1. The van der Waals surface area contributed by atoms with E-state index in [0.29, 0.717) is 21.7 Å². The summed E-state index contributed by atoms with van der Waals surface area (Å²) in [6.45, 7) is -1.05. The number of allylic oxidation sites excluding steroid dienone is 1. The maximum absolute atomic E-state index is 12.1. The number of phenolic OH excluding ortho intramolecular Hbond substituents is 1. The molecule has 3 aliphatic rings. The number of fused-ring (bicyclic) bond motifs is 1. The fourth-order valence-electron chi connectivity index (χ4n) is 5.04. The first kappa shape index (κ1) is 32.1. The number of quaternary nitrogens is 1. The number of phenols is 1. The van der Waals surface area contributed by atoms with E-state index in [2.05, 4.69) is 9.50 Å². The summed E-state index contributed by atoms with van der Waals surface area (Å²) in [5.74, 6) is -4.74. The van der Waals surface area contributed by atoms with Crippen molar-refractivity contribution < 1.29 is 81.7 Å². The molecule has 43 heavy (non-hydrogen) atoms. The van der Waals surface area contributed by atoms with Crippen LogP contribution in [0, 0.1) is 0 Å². The number of carboxylic acids is 3. The molecular formula is C24H28N2O16S. The van der Waals surface area contributed by atoms with Crippen LogP contribution in [0.5, 0.6) is 11.5 Å². The van der Waals surface area contributed by atoms with Crippen LogP contribution < -0.4 is 15.0 Å². The van der Waals surface area contributed by atoms with E-state index in [4.69, 9.17) is 9.47 Å². The van der Waals surface area contributed by atoms with Crippen molar-refractivity contribution in [3.05, 3.63) is 41.1 Å². The van der Waals surface area contributed by atoms with Crippen molar-refractivity contribution in [1.82, 2.24) is 5.32 Å². The van der Waals surface area contributed by atoms with Crippen molar-refractivity contribution in [3.63, 3.8) is 0 Å². The summed E-state index contributed by atoms with van der Waals surface area (Å²) in [4.78, 5) is 35.3. The second-order valence-electron chi connectivity index (χ2n) is 10.0. The van der Waals surface area contributed by atoms with E-state index in [-0.39, 0.29) is 30.8 Å². The van der Waals surface area contributed by atoms with Gasteiger partial charge in [-0.1, -0.05) is 0 Å². The molecule has 0 radical (unpaired) electrons. The van der Waals surface area contributed by atoms with Gasteiger partial charge in [0.1, 0.15) is 48.4 Å². The molecule has 236 valence electrons. The SMILES string of the molecule is O=C(O)C1=CC(=CC[NH+]2c3cc(O)c(O[C@@H]4O[C@@H](COS(=O)(=O)[O-])[C@H](O)[C@H](O)[C@H]4O)cc3C[C@H]2C(=O)O)C[C@H](C(=O)O)N1. The molecule has 4 rings (SSSR count). The number of aliphatic hydroxyl groups is 3. The Hall–Kier alpha value is -3.82. The van der Waals surface area contributed by atoms with Gasteiger partial charge < -0.3 is 55.1 Å². The second-order valence-corrected chi connectivity index (χ2v) is 11.1. The zero-order valence-corrected chi connectivity index (χ0v) is 22.7. The van der Waals surface area contributed by atoms with E-state index in [1.165, 1.54) is 24.3 Å². The fourth-order valence-corrected chi connectivity index (χ4v) is 5.34. The van der Waals surface area contributed by atoms with E-state index < -0.39 is 83.5 Å². The van der Waals surface area contributed by atoms with Crippen LogP contribution in [0.2, 0.25) is 0 Å². The van der Waals surface area contributed by atoms with Gasteiger partial charge in [-0.15, -0.1) is 0 Å². The number of benzene rings is 1. The molecule has 0 aromatic heterocycles. The zero-order valence-electron chi connectivity index (χ0n) is 21.9. The molecule has 1 aromatic carbocycles. The van der Waals surface area contributed by atoms with Gasteiger partial charge in [0, 0.05) is 24.5 Å². The highest BCUT2D eigenvalue weighted by Crippen LogP contribution is 2.36. The quantitative estimate of drug-likeness (QED) is 0.0875. The first-order chi connectivity index (χ1) is 20.1. The molecule has 1 unspecified atom stereocenters. The number of carboxylic acid groups (broad SMARTS) is 3. The minimum absolute atomic E-state index is 0.0342. The van der Waals surface area contributed by atoms with Gasteiger partial charge in [0.2, 0.25) is 16.7 Å². The summed E-state index contributed by atoms with van der Waals surface area (Å²) in [6, 6.07) is 0.156. The average Bonchev–Trinajstić information content (AvgIpc) is 3.28. The Morgan fingerprint density at radius 1 is 1.07 bits per heavy atom. The van der Waals surface area contributed by atoms with Crippen LogP contribution in [-0.4, -0.2) is 123 Å². The van der Waals surface area contributed by atoms with Crippen LogP contribution in [0.3, 0.4) is 0 Å². The lowest BCUT2D eigenvalue weighted by molar-refractivity contribution is -0.838. The Morgan fingerprint density at radius 2 is 1.77 bits per heavy atom. The van der Waals surface area contributed by atoms with E-state index in [0.717, 1.165) is 0 Å². The van der Waals surface area contributed by atoms with Gasteiger partial charge in [-0.2, -0.15) is 0 Å². The lowest BCUT2D eigenvalue weighted by Crippen LogP contribution is -3.11. The van der Waals surface area contributed by atoms with Crippen molar-refractivity contribution >= 4 is 34.0 Å². The molecule has 8 atom stereocenters. The van der Waals surface area contributed by atoms with Crippen molar-refractivity contribution in [3.8, 4) is 11.5 Å². The first-order valence-corrected chi connectivity index (χ1v) is 13.9. The van der Waals surface area contributed by atoms with Crippen LogP contribution in [0.4, 0.5) is 5.69 Å². The fraction of sp³-hybridized carbons (Fsp3) is 0.458. The monoisotopic (exact) mass is 632 g/mol. The highest BCUT2D eigenvalue weighted by Gasteiger charge is 2.46.